The highest BCUT2D eigenvalue weighted by atomic mass is 35.5. The highest BCUT2D eigenvalue weighted by Gasteiger charge is 2.20. The van der Waals surface area contributed by atoms with E-state index in [-0.39, 0.29) is 23.2 Å². The number of amides is 1. The lowest BCUT2D eigenvalue weighted by Gasteiger charge is -2.16. The van der Waals surface area contributed by atoms with Crippen LogP contribution in [0, 0.1) is 11.7 Å². The van der Waals surface area contributed by atoms with Crippen molar-refractivity contribution in [3.8, 4) is 0 Å². The van der Waals surface area contributed by atoms with Gasteiger partial charge in [-0.15, -0.1) is 0 Å². The zero-order valence-corrected chi connectivity index (χ0v) is 14.8. The normalized spacial score (nSPS) is 11.9. The lowest BCUT2D eigenvalue weighted by atomic mass is 9.95. The molecule has 132 valence electrons. The van der Waals surface area contributed by atoms with Gasteiger partial charge in [0.25, 0.3) is 0 Å². The average molecular weight is 369 g/mol. The van der Waals surface area contributed by atoms with Crippen molar-refractivity contribution in [2.24, 2.45) is 5.92 Å². The third-order valence-electron chi connectivity index (χ3n) is 4.09. The van der Waals surface area contributed by atoms with Crippen molar-refractivity contribution >= 4 is 34.1 Å². The SMILES string of the molecule is C=C(Cl)CC(Cc1ccccc1)C(=O)Nc1cnc2c(F)cccc2c1. The number of carbonyl (C=O) groups excluding carboxylic acids is 1. The number of halogens is 2. The van der Waals surface area contributed by atoms with Crippen molar-refractivity contribution in [1.29, 1.82) is 0 Å². The van der Waals surface area contributed by atoms with E-state index in [2.05, 4.69) is 16.9 Å². The van der Waals surface area contributed by atoms with Crippen molar-refractivity contribution in [1.82, 2.24) is 4.98 Å². The minimum Gasteiger partial charge on any atom is -0.324 e. The molecule has 3 aromatic rings. The number of pyridine rings is 1. The second-order valence-electron chi connectivity index (χ2n) is 6.13. The Kier molecular flexibility index (Phi) is 5.64. The molecule has 1 atom stereocenters. The first-order valence-electron chi connectivity index (χ1n) is 8.25. The predicted octanol–water partition coefficient (Wildman–Crippen LogP) is 5.31. The molecule has 1 N–H and O–H groups in total. The fourth-order valence-electron chi connectivity index (χ4n) is 2.86. The average Bonchev–Trinajstić information content (AvgIpc) is 2.62. The molecule has 0 saturated heterocycles. The van der Waals surface area contributed by atoms with Crippen LogP contribution in [0.3, 0.4) is 0 Å². The van der Waals surface area contributed by atoms with Crippen LogP contribution in [-0.4, -0.2) is 10.9 Å². The molecule has 3 rings (SSSR count). The largest absolute Gasteiger partial charge is 0.324 e. The monoisotopic (exact) mass is 368 g/mol. The minimum atomic E-state index is -0.388. The maximum absolute atomic E-state index is 13.7. The van der Waals surface area contributed by atoms with E-state index >= 15 is 0 Å². The second kappa shape index (κ2) is 8.11. The molecule has 0 radical (unpaired) electrons. The predicted molar refractivity (Wildman–Crippen MR) is 104 cm³/mol. The molecule has 1 unspecified atom stereocenters. The van der Waals surface area contributed by atoms with E-state index in [0.29, 0.717) is 28.9 Å². The van der Waals surface area contributed by atoms with E-state index in [9.17, 15) is 9.18 Å². The molecule has 0 spiro atoms. The molecule has 5 heteroatoms. The van der Waals surface area contributed by atoms with Crippen LogP contribution in [-0.2, 0) is 11.2 Å². The lowest BCUT2D eigenvalue weighted by Crippen LogP contribution is -2.25. The smallest absolute Gasteiger partial charge is 0.228 e. The van der Waals surface area contributed by atoms with Crippen LogP contribution in [0.5, 0.6) is 0 Å². The number of allylic oxidation sites excluding steroid dienone is 1. The van der Waals surface area contributed by atoms with Gasteiger partial charge in [0.15, 0.2) is 0 Å². The summed E-state index contributed by atoms with van der Waals surface area (Å²) in [5.41, 5.74) is 1.84. The van der Waals surface area contributed by atoms with E-state index < -0.39 is 0 Å². The van der Waals surface area contributed by atoms with Crippen molar-refractivity contribution in [2.75, 3.05) is 5.32 Å². The number of nitrogens with zero attached hydrogens (tertiary/aromatic N) is 1. The molecule has 2 aromatic carbocycles. The molecule has 0 aliphatic heterocycles. The van der Waals surface area contributed by atoms with Gasteiger partial charge in [0.2, 0.25) is 5.91 Å². The molecule has 3 nitrogen and oxygen atoms in total. The molecule has 26 heavy (non-hydrogen) atoms. The number of carbonyl (C=O) groups is 1. The van der Waals surface area contributed by atoms with Crippen LogP contribution >= 0.6 is 11.6 Å². The van der Waals surface area contributed by atoms with Gasteiger partial charge in [-0.1, -0.05) is 60.6 Å². The Hall–Kier alpha value is -2.72. The van der Waals surface area contributed by atoms with Gasteiger partial charge in [-0.3, -0.25) is 9.78 Å². The van der Waals surface area contributed by atoms with Crippen LogP contribution in [0.1, 0.15) is 12.0 Å². The molecule has 0 aliphatic carbocycles. The number of hydrogen-bond acceptors (Lipinski definition) is 2. The Morgan fingerprint density at radius 1 is 1.19 bits per heavy atom. The molecule has 1 amide bonds. The summed E-state index contributed by atoms with van der Waals surface area (Å²) in [7, 11) is 0. The summed E-state index contributed by atoms with van der Waals surface area (Å²) in [5, 5.41) is 3.91. The number of rotatable bonds is 6. The lowest BCUT2D eigenvalue weighted by molar-refractivity contribution is -0.119. The highest BCUT2D eigenvalue weighted by Crippen LogP contribution is 2.23. The number of para-hydroxylation sites is 1. The fraction of sp³-hybridized carbons (Fsp3) is 0.143. The number of nitrogens with one attached hydrogen (secondary N) is 1. The Labute approximate surface area is 156 Å². The Morgan fingerprint density at radius 2 is 1.96 bits per heavy atom. The van der Waals surface area contributed by atoms with Crippen molar-refractivity contribution < 1.29 is 9.18 Å². The van der Waals surface area contributed by atoms with Crippen molar-refractivity contribution in [3.63, 3.8) is 0 Å². The van der Waals surface area contributed by atoms with Gasteiger partial charge in [-0.05, 0) is 30.5 Å². The summed E-state index contributed by atoms with van der Waals surface area (Å²) >= 11 is 5.95. The van der Waals surface area contributed by atoms with Crippen molar-refractivity contribution in [2.45, 2.75) is 12.8 Å². The first-order chi connectivity index (χ1) is 12.5. The van der Waals surface area contributed by atoms with Crippen molar-refractivity contribution in [3.05, 3.63) is 83.8 Å². The summed E-state index contributed by atoms with van der Waals surface area (Å²) in [5.74, 6) is -0.917. The van der Waals surface area contributed by atoms with E-state index in [1.807, 2.05) is 30.3 Å². The number of hydrogen-bond donors (Lipinski definition) is 1. The fourth-order valence-corrected chi connectivity index (χ4v) is 3.05. The summed E-state index contributed by atoms with van der Waals surface area (Å²) in [6, 6.07) is 16.2. The summed E-state index contributed by atoms with van der Waals surface area (Å²) in [6.45, 7) is 3.71. The van der Waals surface area contributed by atoms with Crippen LogP contribution in [0.4, 0.5) is 10.1 Å². The molecule has 0 fully saturated rings. The van der Waals surface area contributed by atoms with Crippen LogP contribution in [0.2, 0.25) is 0 Å². The zero-order chi connectivity index (χ0) is 18.5. The van der Waals surface area contributed by atoms with E-state index in [0.717, 1.165) is 5.56 Å². The first kappa shape index (κ1) is 18.1. The third-order valence-corrected chi connectivity index (χ3v) is 4.25. The molecule has 0 aliphatic rings. The molecule has 1 heterocycles. The van der Waals surface area contributed by atoms with E-state index in [1.165, 1.54) is 12.3 Å². The Balaban J connectivity index is 1.79. The molecule has 0 saturated carbocycles. The maximum atomic E-state index is 13.7. The van der Waals surface area contributed by atoms with Gasteiger partial charge < -0.3 is 5.32 Å². The standard InChI is InChI=1S/C21H18ClFN2O/c1-14(22)10-17(11-15-6-3-2-4-7-15)21(26)25-18-12-16-8-5-9-19(23)20(16)24-13-18/h2-9,12-13,17H,1,10-11H2,(H,25,26). The third kappa shape index (κ3) is 4.46. The van der Waals surface area contributed by atoms with Gasteiger partial charge in [-0.2, -0.15) is 0 Å². The second-order valence-corrected chi connectivity index (χ2v) is 6.67. The van der Waals surface area contributed by atoms with E-state index in [1.54, 1.807) is 18.2 Å². The molecular formula is C21H18ClFN2O. The zero-order valence-electron chi connectivity index (χ0n) is 14.1. The van der Waals surface area contributed by atoms with Gasteiger partial charge in [0.1, 0.15) is 11.3 Å². The minimum absolute atomic E-state index is 0.173. The topological polar surface area (TPSA) is 42.0 Å². The van der Waals surface area contributed by atoms with Gasteiger partial charge >= 0.3 is 0 Å². The molecular weight excluding hydrogens is 351 g/mol. The Morgan fingerprint density at radius 3 is 2.69 bits per heavy atom. The summed E-state index contributed by atoms with van der Waals surface area (Å²) in [6.07, 6.45) is 2.38. The number of aromatic nitrogens is 1. The summed E-state index contributed by atoms with van der Waals surface area (Å²) < 4.78 is 13.7. The quantitative estimate of drug-likeness (QED) is 0.640. The molecule has 1 aromatic heterocycles. The number of fused-ring (bicyclic) bond motifs is 1. The van der Waals surface area contributed by atoms with E-state index in [4.69, 9.17) is 11.6 Å². The first-order valence-corrected chi connectivity index (χ1v) is 8.63. The van der Waals surface area contributed by atoms with Crippen LogP contribution < -0.4 is 5.32 Å². The van der Waals surface area contributed by atoms with Gasteiger partial charge in [0.05, 0.1) is 11.9 Å². The van der Waals surface area contributed by atoms with Gasteiger partial charge in [-0.25, -0.2) is 4.39 Å². The van der Waals surface area contributed by atoms with Crippen LogP contribution in [0.15, 0.2) is 72.4 Å². The number of benzene rings is 2. The highest BCUT2D eigenvalue weighted by molar-refractivity contribution is 6.29. The molecule has 0 bridgehead atoms. The summed E-state index contributed by atoms with van der Waals surface area (Å²) in [4.78, 5) is 16.8. The van der Waals surface area contributed by atoms with Crippen LogP contribution in [0.25, 0.3) is 10.9 Å². The number of anilines is 1. The Bertz CT molecular complexity index is 943. The maximum Gasteiger partial charge on any atom is 0.228 e. The van der Waals surface area contributed by atoms with Gasteiger partial charge in [0, 0.05) is 16.3 Å².